The topological polar surface area (TPSA) is 38.8 Å². The van der Waals surface area contributed by atoms with Crippen LogP contribution in [0.15, 0.2) is 24.3 Å². The molecule has 1 heterocycles. The van der Waals surface area contributed by atoms with Crippen molar-refractivity contribution < 1.29 is 14.3 Å². The van der Waals surface area contributed by atoms with Crippen LogP contribution < -0.4 is 9.47 Å². The van der Waals surface area contributed by atoms with Gasteiger partial charge in [-0.25, -0.2) is 0 Å². The fourth-order valence-corrected chi connectivity index (χ4v) is 2.22. The van der Waals surface area contributed by atoms with E-state index in [0.29, 0.717) is 23.9 Å². The van der Waals surface area contributed by atoms with Crippen molar-refractivity contribution in [2.45, 2.75) is 26.0 Å². The standard InChI is InChI=1S/C14H18ClNO3/c1-10(2)16(8-7-15)14(17)13-9-18-11-5-3-4-6-12(11)19-13/h3-6,10,13H,7-9H2,1-2H3. The Labute approximate surface area is 118 Å². The van der Waals surface area contributed by atoms with Crippen molar-refractivity contribution >= 4 is 17.5 Å². The van der Waals surface area contributed by atoms with Gasteiger partial charge in [0.2, 0.25) is 6.10 Å². The van der Waals surface area contributed by atoms with E-state index in [9.17, 15) is 4.79 Å². The average molecular weight is 284 g/mol. The molecular weight excluding hydrogens is 266 g/mol. The number of halogens is 1. The Hall–Kier alpha value is -1.42. The van der Waals surface area contributed by atoms with Crippen LogP contribution in [0.4, 0.5) is 0 Å². The van der Waals surface area contributed by atoms with E-state index in [1.807, 2.05) is 32.0 Å². The molecule has 1 aromatic rings. The molecule has 0 fully saturated rings. The minimum atomic E-state index is -0.597. The highest BCUT2D eigenvalue weighted by molar-refractivity contribution is 6.18. The van der Waals surface area contributed by atoms with E-state index in [4.69, 9.17) is 21.1 Å². The Morgan fingerprint density at radius 3 is 2.74 bits per heavy atom. The highest BCUT2D eigenvalue weighted by Gasteiger charge is 2.31. The summed E-state index contributed by atoms with van der Waals surface area (Å²) < 4.78 is 11.3. The van der Waals surface area contributed by atoms with E-state index in [2.05, 4.69) is 0 Å². The third kappa shape index (κ3) is 3.13. The molecule has 1 unspecified atom stereocenters. The summed E-state index contributed by atoms with van der Waals surface area (Å²) in [7, 11) is 0. The average Bonchev–Trinajstić information content (AvgIpc) is 2.43. The highest BCUT2D eigenvalue weighted by atomic mass is 35.5. The Morgan fingerprint density at radius 1 is 1.42 bits per heavy atom. The second-order valence-electron chi connectivity index (χ2n) is 4.68. The number of carbonyl (C=O) groups excluding carboxylic acids is 1. The molecule has 5 heteroatoms. The van der Waals surface area contributed by atoms with Crippen LogP contribution in [-0.2, 0) is 4.79 Å². The van der Waals surface area contributed by atoms with Crippen LogP contribution in [0.1, 0.15) is 13.8 Å². The molecule has 1 aliphatic rings. The molecular formula is C14H18ClNO3. The largest absolute Gasteiger partial charge is 0.485 e. The summed E-state index contributed by atoms with van der Waals surface area (Å²) in [4.78, 5) is 14.1. The Morgan fingerprint density at radius 2 is 2.11 bits per heavy atom. The van der Waals surface area contributed by atoms with Gasteiger partial charge in [0, 0.05) is 18.5 Å². The number of carbonyl (C=O) groups is 1. The smallest absolute Gasteiger partial charge is 0.267 e. The van der Waals surface area contributed by atoms with Gasteiger partial charge in [-0.1, -0.05) is 12.1 Å². The predicted molar refractivity (Wildman–Crippen MR) is 73.9 cm³/mol. The van der Waals surface area contributed by atoms with Gasteiger partial charge < -0.3 is 14.4 Å². The first kappa shape index (κ1) is 14.0. The first-order valence-corrected chi connectivity index (χ1v) is 6.92. The predicted octanol–water partition coefficient (Wildman–Crippen LogP) is 2.30. The molecule has 2 rings (SSSR count). The van der Waals surface area contributed by atoms with Gasteiger partial charge in [0.25, 0.3) is 5.91 Å². The van der Waals surface area contributed by atoms with E-state index in [-0.39, 0.29) is 18.6 Å². The Balaban J connectivity index is 2.09. The van der Waals surface area contributed by atoms with Crippen LogP contribution in [0.2, 0.25) is 0 Å². The molecule has 0 spiro atoms. The van der Waals surface area contributed by atoms with Crippen molar-refractivity contribution in [1.82, 2.24) is 4.90 Å². The van der Waals surface area contributed by atoms with E-state index in [1.54, 1.807) is 11.0 Å². The third-order valence-electron chi connectivity index (χ3n) is 3.02. The van der Waals surface area contributed by atoms with Gasteiger partial charge in [0.05, 0.1) is 0 Å². The number of para-hydroxylation sites is 2. The summed E-state index contributed by atoms with van der Waals surface area (Å²) in [6.45, 7) is 4.67. The van der Waals surface area contributed by atoms with Gasteiger partial charge >= 0.3 is 0 Å². The molecule has 4 nitrogen and oxygen atoms in total. The minimum absolute atomic E-state index is 0.0786. The summed E-state index contributed by atoms with van der Waals surface area (Å²) >= 11 is 5.74. The Kier molecular flexibility index (Phi) is 4.53. The fraction of sp³-hybridized carbons (Fsp3) is 0.500. The zero-order chi connectivity index (χ0) is 13.8. The molecule has 1 aliphatic heterocycles. The quantitative estimate of drug-likeness (QED) is 0.796. The van der Waals surface area contributed by atoms with Crippen LogP contribution in [0.5, 0.6) is 11.5 Å². The minimum Gasteiger partial charge on any atom is -0.485 e. The van der Waals surface area contributed by atoms with Crippen molar-refractivity contribution in [2.24, 2.45) is 0 Å². The SMILES string of the molecule is CC(C)N(CCCl)C(=O)C1COc2ccccc2O1. The molecule has 104 valence electrons. The summed E-state index contributed by atoms with van der Waals surface area (Å²) in [5, 5.41) is 0. The van der Waals surface area contributed by atoms with Gasteiger partial charge in [-0.2, -0.15) is 0 Å². The maximum Gasteiger partial charge on any atom is 0.267 e. The Bertz CT molecular complexity index is 450. The molecule has 19 heavy (non-hydrogen) atoms. The summed E-state index contributed by atoms with van der Waals surface area (Å²) in [5.41, 5.74) is 0. The number of amides is 1. The van der Waals surface area contributed by atoms with E-state index < -0.39 is 6.10 Å². The van der Waals surface area contributed by atoms with Gasteiger partial charge in [-0.3, -0.25) is 4.79 Å². The number of nitrogens with zero attached hydrogens (tertiary/aromatic N) is 1. The van der Waals surface area contributed by atoms with Crippen molar-refractivity contribution in [3.8, 4) is 11.5 Å². The molecule has 1 atom stereocenters. The lowest BCUT2D eigenvalue weighted by molar-refractivity contribution is -0.142. The molecule has 1 aromatic carbocycles. The number of ether oxygens (including phenoxy) is 2. The number of benzene rings is 1. The van der Waals surface area contributed by atoms with Gasteiger partial charge in [-0.05, 0) is 26.0 Å². The van der Waals surface area contributed by atoms with Gasteiger partial charge in [0.1, 0.15) is 6.61 Å². The molecule has 0 saturated carbocycles. The maximum atomic E-state index is 12.4. The second kappa shape index (κ2) is 6.15. The van der Waals surface area contributed by atoms with Gasteiger partial charge in [-0.15, -0.1) is 11.6 Å². The third-order valence-corrected chi connectivity index (χ3v) is 3.18. The molecule has 0 aromatic heterocycles. The van der Waals surface area contributed by atoms with E-state index >= 15 is 0 Å². The molecule has 0 N–H and O–H groups in total. The maximum absolute atomic E-state index is 12.4. The second-order valence-corrected chi connectivity index (χ2v) is 5.06. The normalized spacial score (nSPS) is 17.4. The molecule has 0 radical (unpaired) electrons. The summed E-state index contributed by atoms with van der Waals surface area (Å²) in [6, 6.07) is 7.45. The van der Waals surface area contributed by atoms with Crippen LogP contribution in [-0.4, -0.2) is 42.0 Å². The molecule has 0 bridgehead atoms. The zero-order valence-corrected chi connectivity index (χ0v) is 11.9. The number of fused-ring (bicyclic) bond motifs is 1. The van der Waals surface area contributed by atoms with Crippen LogP contribution in [0, 0.1) is 0 Å². The van der Waals surface area contributed by atoms with Crippen LogP contribution in [0.25, 0.3) is 0 Å². The van der Waals surface area contributed by atoms with E-state index in [1.165, 1.54) is 0 Å². The monoisotopic (exact) mass is 283 g/mol. The number of alkyl halides is 1. The van der Waals surface area contributed by atoms with Crippen molar-refractivity contribution in [2.75, 3.05) is 19.0 Å². The number of hydrogen-bond donors (Lipinski definition) is 0. The first-order chi connectivity index (χ1) is 9.13. The van der Waals surface area contributed by atoms with Crippen LogP contribution in [0.3, 0.4) is 0 Å². The van der Waals surface area contributed by atoms with Crippen LogP contribution >= 0.6 is 11.6 Å². The van der Waals surface area contributed by atoms with Crippen molar-refractivity contribution in [3.63, 3.8) is 0 Å². The van der Waals surface area contributed by atoms with Crippen molar-refractivity contribution in [1.29, 1.82) is 0 Å². The number of rotatable bonds is 4. The lowest BCUT2D eigenvalue weighted by Crippen LogP contribution is -2.49. The lowest BCUT2D eigenvalue weighted by atomic mass is 10.2. The highest BCUT2D eigenvalue weighted by Crippen LogP contribution is 2.31. The number of hydrogen-bond acceptors (Lipinski definition) is 3. The lowest BCUT2D eigenvalue weighted by Gasteiger charge is -2.32. The summed E-state index contributed by atoms with van der Waals surface area (Å²) in [5.74, 6) is 1.63. The first-order valence-electron chi connectivity index (χ1n) is 6.38. The zero-order valence-electron chi connectivity index (χ0n) is 11.1. The molecule has 1 amide bonds. The summed E-state index contributed by atoms with van der Waals surface area (Å²) in [6.07, 6.45) is -0.597. The van der Waals surface area contributed by atoms with E-state index in [0.717, 1.165) is 0 Å². The fourth-order valence-electron chi connectivity index (χ4n) is 2.04. The van der Waals surface area contributed by atoms with Gasteiger partial charge in [0.15, 0.2) is 11.5 Å². The van der Waals surface area contributed by atoms with Crippen molar-refractivity contribution in [3.05, 3.63) is 24.3 Å². The molecule has 0 aliphatic carbocycles. The molecule has 0 saturated heterocycles.